The minimum absolute atomic E-state index is 0.0305. The summed E-state index contributed by atoms with van der Waals surface area (Å²) in [6.07, 6.45) is 4.42. The lowest BCUT2D eigenvalue weighted by molar-refractivity contribution is 0.310. The Bertz CT molecular complexity index is 1190. The summed E-state index contributed by atoms with van der Waals surface area (Å²) in [4.78, 5) is 7.05. The number of nitrogen functional groups attached to an aromatic ring is 1. The second-order valence-corrected chi connectivity index (χ2v) is 10.2. The molecule has 0 saturated carbocycles. The summed E-state index contributed by atoms with van der Waals surface area (Å²) in [5, 5.41) is 0. The molecule has 7 heteroatoms. The van der Waals surface area contributed by atoms with Gasteiger partial charge in [0, 0.05) is 42.5 Å². The molecule has 0 amide bonds. The Hall–Kier alpha value is -2.90. The van der Waals surface area contributed by atoms with E-state index in [0.29, 0.717) is 10.6 Å². The molecule has 31 heavy (non-hydrogen) atoms. The number of piperidine rings is 1. The van der Waals surface area contributed by atoms with Crippen molar-refractivity contribution in [1.82, 2.24) is 9.71 Å². The summed E-state index contributed by atoms with van der Waals surface area (Å²) in [6, 6.07) is 20.4. The van der Waals surface area contributed by atoms with E-state index in [0.717, 1.165) is 43.7 Å². The number of pyridine rings is 1. The number of aromatic nitrogens is 1. The van der Waals surface area contributed by atoms with Gasteiger partial charge in [-0.15, -0.1) is 0 Å². The highest BCUT2D eigenvalue weighted by molar-refractivity contribution is 7.89. The quantitative estimate of drug-likeness (QED) is 0.655. The molecule has 1 aliphatic heterocycles. The van der Waals surface area contributed by atoms with Gasteiger partial charge >= 0.3 is 0 Å². The maximum Gasteiger partial charge on any atom is 0.241 e. The molecule has 5 rings (SSSR count). The van der Waals surface area contributed by atoms with Gasteiger partial charge in [-0.05, 0) is 48.6 Å². The van der Waals surface area contributed by atoms with Crippen LogP contribution < -0.4 is 15.4 Å². The summed E-state index contributed by atoms with van der Waals surface area (Å²) in [6.45, 7) is 1.73. The van der Waals surface area contributed by atoms with Crippen molar-refractivity contribution in [3.63, 3.8) is 0 Å². The highest BCUT2D eigenvalue weighted by Crippen LogP contribution is 2.51. The largest absolute Gasteiger partial charge is 0.399 e. The molecule has 1 unspecified atom stereocenters. The minimum Gasteiger partial charge on any atom is -0.399 e. The van der Waals surface area contributed by atoms with E-state index in [-0.39, 0.29) is 11.5 Å². The molecule has 3 N–H and O–H groups in total. The van der Waals surface area contributed by atoms with Crippen LogP contribution in [0, 0.1) is 0 Å². The van der Waals surface area contributed by atoms with Crippen molar-refractivity contribution < 1.29 is 8.42 Å². The molecule has 2 aromatic carbocycles. The normalized spacial score (nSPS) is 20.0. The molecule has 2 heterocycles. The highest BCUT2D eigenvalue weighted by atomic mass is 32.2. The van der Waals surface area contributed by atoms with Gasteiger partial charge < -0.3 is 10.6 Å². The number of anilines is 2. The molecule has 1 atom stereocenters. The van der Waals surface area contributed by atoms with Crippen LogP contribution in [0.15, 0.2) is 77.8 Å². The third-order valence-electron chi connectivity index (χ3n) is 6.67. The zero-order chi connectivity index (χ0) is 21.5. The topological polar surface area (TPSA) is 88.3 Å². The summed E-state index contributed by atoms with van der Waals surface area (Å²) in [5.41, 5.74) is 8.99. The summed E-state index contributed by atoms with van der Waals surface area (Å²) >= 11 is 0. The lowest BCUT2D eigenvalue weighted by Gasteiger charge is -2.41. The first-order valence-electron chi connectivity index (χ1n) is 10.6. The van der Waals surface area contributed by atoms with E-state index in [1.54, 1.807) is 36.5 Å². The van der Waals surface area contributed by atoms with Gasteiger partial charge in [0.1, 0.15) is 5.82 Å². The Morgan fingerprint density at radius 2 is 1.71 bits per heavy atom. The Morgan fingerprint density at radius 1 is 1.00 bits per heavy atom. The number of nitrogens with zero attached hydrogens (tertiary/aromatic N) is 2. The fraction of sp³-hybridized carbons (Fsp3) is 0.292. The number of benzene rings is 2. The van der Waals surface area contributed by atoms with Crippen LogP contribution in [-0.4, -0.2) is 26.5 Å². The zero-order valence-electron chi connectivity index (χ0n) is 17.2. The first-order chi connectivity index (χ1) is 15.0. The van der Waals surface area contributed by atoms with Crippen LogP contribution >= 0.6 is 0 Å². The Morgan fingerprint density at radius 3 is 2.45 bits per heavy atom. The SMILES string of the molecule is Nc1ccnc(N2CCC3(CC2)CC(NS(=O)(=O)c2ccccc2)c2ccccc23)c1. The standard InChI is InChI=1S/C24H26N4O2S/c25-18-10-13-26-23(16-18)28-14-11-24(12-15-28)17-22(20-8-4-5-9-21(20)24)27-31(29,30)19-6-2-1-3-7-19/h1-10,13,16,22,27H,11-12,14-15,17H2,(H2,25,26). The molecule has 3 aromatic rings. The van der Waals surface area contributed by atoms with E-state index < -0.39 is 10.0 Å². The Balaban J connectivity index is 1.39. The van der Waals surface area contributed by atoms with Crippen molar-refractivity contribution >= 4 is 21.5 Å². The summed E-state index contributed by atoms with van der Waals surface area (Å²) in [7, 11) is -3.58. The first-order valence-corrected chi connectivity index (χ1v) is 12.1. The molecule has 1 spiro atoms. The molecule has 0 radical (unpaired) electrons. The van der Waals surface area contributed by atoms with Crippen LogP contribution in [0.1, 0.15) is 36.4 Å². The molecule has 0 bridgehead atoms. The fourth-order valence-corrected chi connectivity index (χ4v) is 6.34. The van der Waals surface area contributed by atoms with E-state index in [1.807, 2.05) is 18.2 Å². The zero-order valence-corrected chi connectivity index (χ0v) is 18.1. The minimum atomic E-state index is -3.58. The molecular formula is C24H26N4O2S. The van der Waals surface area contributed by atoms with E-state index in [2.05, 4.69) is 32.8 Å². The van der Waals surface area contributed by atoms with E-state index in [9.17, 15) is 8.42 Å². The second kappa shape index (κ2) is 7.66. The lowest BCUT2D eigenvalue weighted by atomic mass is 9.73. The Labute approximate surface area is 183 Å². The first kappa shape index (κ1) is 20.0. The van der Waals surface area contributed by atoms with Gasteiger partial charge in [0.15, 0.2) is 0 Å². The third-order valence-corrected chi connectivity index (χ3v) is 8.16. The van der Waals surface area contributed by atoms with Gasteiger partial charge in [0.2, 0.25) is 10.0 Å². The van der Waals surface area contributed by atoms with Gasteiger partial charge in [-0.3, -0.25) is 0 Å². The lowest BCUT2D eigenvalue weighted by Crippen LogP contribution is -2.42. The van der Waals surface area contributed by atoms with E-state index >= 15 is 0 Å². The van der Waals surface area contributed by atoms with Crippen LogP contribution in [0.5, 0.6) is 0 Å². The van der Waals surface area contributed by atoms with Gasteiger partial charge in [0.25, 0.3) is 0 Å². The number of rotatable bonds is 4. The predicted octanol–water partition coefficient (Wildman–Crippen LogP) is 3.63. The van der Waals surface area contributed by atoms with Gasteiger partial charge in [-0.2, -0.15) is 0 Å². The van der Waals surface area contributed by atoms with Crippen LogP contribution in [0.2, 0.25) is 0 Å². The van der Waals surface area contributed by atoms with Gasteiger partial charge in [0.05, 0.1) is 4.90 Å². The van der Waals surface area contributed by atoms with Gasteiger partial charge in [-0.25, -0.2) is 18.1 Å². The molecule has 1 aromatic heterocycles. The maximum absolute atomic E-state index is 13.0. The Kier molecular flexibility index (Phi) is 4.95. The predicted molar refractivity (Wildman–Crippen MR) is 122 cm³/mol. The number of nitrogens with two attached hydrogens (primary N) is 1. The third kappa shape index (κ3) is 3.68. The van der Waals surface area contributed by atoms with Crippen LogP contribution in [0.4, 0.5) is 11.5 Å². The van der Waals surface area contributed by atoms with E-state index in [1.165, 1.54) is 5.56 Å². The monoisotopic (exact) mass is 434 g/mol. The summed E-state index contributed by atoms with van der Waals surface area (Å²) in [5.74, 6) is 0.905. The molecular weight excluding hydrogens is 408 g/mol. The summed E-state index contributed by atoms with van der Waals surface area (Å²) < 4.78 is 29.0. The molecule has 1 aliphatic carbocycles. The number of sulfonamides is 1. The van der Waals surface area contributed by atoms with E-state index in [4.69, 9.17) is 5.73 Å². The van der Waals surface area contributed by atoms with Gasteiger partial charge in [-0.1, -0.05) is 42.5 Å². The number of nitrogens with one attached hydrogen (secondary N) is 1. The number of hydrogen-bond donors (Lipinski definition) is 2. The smallest absolute Gasteiger partial charge is 0.241 e. The number of fused-ring (bicyclic) bond motifs is 2. The molecule has 1 fully saturated rings. The molecule has 6 nitrogen and oxygen atoms in total. The average molecular weight is 435 g/mol. The van der Waals surface area contributed by atoms with Crippen LogP contribution in [0.3, 0.4) is 0 Å². The average Bonchev–Trinajstić information content (AvgIpc) is 3.07. The van der Waals surface area contributed by atoms with Crippen molar-refractivity contribution in [1.29, 1.82) is 0 Å². The van der Waals surface area contributed by atoms with Crippen LogP contribution in [-0.2, 0) is 15.4 Å². The maximum atomic E-state index is 13.0. The molecule has 2 aliphatic rings. The number of hydrogen-bond acceptors (Lipinski definition) is 5. The van der Waals surface area contributed by atoms with Crippen LogP contribution in [0.25, 0.3) is 0 Å². The highest BCUT2D eigenvalue weighted by Gasteiger charge is 2.46. The van der Waals surface area contributed by atoms with Crippen molar-refractivity contribution in [2.45, 2.75) is 35.6 Å². The fourth-order valence-electron chi connectivity index (χ4n) is 5.10. The van der Waals surface area contributed by atoms with Crippen molar-refractivity contribution in [3.05, 3.63) is 84.1 Å². The molecule has 1 saturated heterocycles. The molecule has 160 valence electrons. The van der Waals surface area contributed by atoms with Crippen molar-refractivity contribution in [3.8, 4) is 0 Å². The second-order valence-electron chi connectivity index (χ2n) is 8.49. The van der Waals surface area contributed by atoms with Crippen molar-refractivity contribution in [2.75, 3.05) is 23.7 Å². The van der Waals surface area contributed by atoms with Crippen molar-refractivity contribution in [2.24, 2.45) is 0 Å².